The molecule has 0 fully saturated rings. The molecular formula is C14H23NO3S. The zero-order chi connectivity index (χ0) is 14.3. The minimum Gasteiger partial charge on any atom is -0.465 e. The highest BCUT2D eigenvalue weighted by Crippen LogP contribution is 2.15. The van der Waals surface area contributed by atoms with Crippen LogP contribution in [0.15, 0.2) is 10.5 Å². The van der Waals surface area contributed by atoms with E-state index in [0.29, 0.717) is 23.9 Å². The van der Waals surface area contributed by atoms with Crippen LogP contribution in [0.2, 0.25) is 0 Å². The van der Waals surface area contributed by atoms with Crippen LogP contribution in [0.5, 0.6) is 0 Å². The van der Waals surface area contributed by atoms with E-state index in [1.807, 2.05) is 11.8 Å². The summed E-state index contributed by atoms with van der Waals surface area (Å²) in [5.41, 5.74) is 0.508. The first kappa shape index (κ1) is 16.1. The van der Waals surface area contributed by atoms with Crippen LogP contribution in [0.1, 0.15) is 42.1 Å². The smallest absolute Gasteiger partial charge is 0.341 e. The summed E-state index contributed by atoms with van der Waals surface area (Å²) in [6.07, 6.45) is 1.13. The summed E-state index contributed by atoms with van der Waals surface area (Å²) < 4.78 is 10.2. The van der Waals surface area contributed by atoms with Gasteiger partial charge in [-0.1, -0.05) is 6.92 Å². The number of carbonyl (C=O) groups excluding carboxylic acids is 1. The van der Waals surface area contributed by atoms with E-state index in [0.717, 1.165) is 23.7 Å². The summed E-state index contributed by atoms with van der Waals surface area (Å²) in [5, 5.41) is 3.40. The maximum atomic E-state index is 11.5. The highest BCUT2D eigenvalue weighted by Gasteiger charge is 2.15. The topological polar surface area (TPSA) is 51.5 Å². The second-order valence-corrected chi connectivity index (χ2v) is 5.84. The molecule has 0 saturated heterocycles. The zero-order valence-electron chi connectivity index (χ0n) is 12.1. The van der Waals surface area contributed by atoms with Crippen LogP contribution in [0, 0.1) is 6.92 Å². The predicted octanol–water partition coefficient (Wildman–Crippen LogP) is 3.00. The fourth-order valence-electron chi connectivity index (χ4n) is 1.72. The van der Waals surface area contributed by atoms with E-state index < -0.39 is 0 Å². The second kappa shape index (κ2) is 8.27. The molecule has 0 aliphatic heterocycles. The third-order valence-corrected chi connectivity index (χ3v) is 3.83. The van der Waals surface area contributed by atoms with E-state index in [4.69, 9.17) is 9.15 Å². The van der Waals surface area contributed by atoms with Gasteiger partial charge in [0.2, 0.25) is 0 Å². The van der Waals surface area contributed by atoms with E-state index in [1.54, 1.807) is 13.0 Å². The highest BCUT2D eigenvalue weighted by molar-refractivity contribution is 7.99. The Bertz CT molecular complexity index is 403. The van der Waals surface area contributed by atoms with E-state index >= 15 is 0 Å². The lowest BCUT2D eigenvalue weighted by atomic mass is 10.2. The molecule has 1 aromatic rings. The Balaban J connectivity index is 2.43. The molecule has 1 aromatic heterocycles. The van der Waals surface area contributed by atoms with Crippen LogP contribution in [0.25, 0.3) is 0 Å². The highest BCUT2D eigenvalue weighted by atomic mass is 32.2. The van der Waals surface area contributed by atoms with Crippen molar-refractivity contribution in [1.29, 1.82) is 0 Å². The molecule has 0 bridgehead atoms. The number of aryl methyl sites for hydroxylation is 1. The standard InChI is InChI=1S/C14H23NO3S/c1-5-19-7-6-10(2)15-9-12-8-13(11(3)18-12)14(16)17-4/h8,10,15H,5-7,9H2,1-4H3. The molecule has 0 radical (unpaired) electrons. The molecular weight excluding hydrogens is 262 g/mol. The molecule has 1 rings (SSSR count). The molecule has 5 heteroatoms. The summed E-state index contributed by atoms with van der Waals surface area (Å²) in [7, 11) is 1.38. The van der Waals surface area contributed by atoms with Gasteiger partial charge in [-0.05, 0) is 37.8 Å². The number of carbonyl (C=O) groups is 1. The van der Waals surface area contributed by atoms with Gasteiger partial charge in [0.25, 0.3) is 0 Å². The first-order chi connectivity index (χ1) is 9.08. The number of hydrogen-bond donors (Lipinski definition) is 1. The van der Waals surface area contributed by atoms with Gasteiger partial charge in [0.05, 0.1) is 13.7 Å². The number of esters is 1. The van der Waals surface area contributed by atoms with Gasteiger partial charge in [0.15, 0.2) is 0 Å². The zero-order valence-corrected chi connectivity index (χ0v) is 12.9. The Labute approximate surface area is 119 Å². The minimum atomic E-state index is -0.347. The molecule has 1 heterocycles. The van der Waals surface area contributed by atoms with Crippen molar-refractivity contribution in [3.63, 3.8) is 0 Å². The Morgan fingerprint density at radius 2 is 2.32 bits per heavy atom. The molecule has 1 N–H and O–H groups in total. The largest absolute Gasteiger partial charge is 0.465 e. The van der Waals surface area contributed by atoms with Gasteiger partial charge in [-0.15, -0.1) is 0 Å². The number of methoxy groups -OCH3 is 1. The number of ether oxygens (including phenoxy) is 1. The monoisotopic (exact) mass is 285 g/mol. The lowest BCUT2D eigenvalue weighted by Gasteiger charge is -2.11. The summed E-state index contributed by atoms with van der Waals surface area (Å²) >= 11 is 1.95. The fraction of sp³-hybridized carbons (Fsp3) is 0.643. The average molecular weight is 285 g/mol. The number of rotatable bonds is 8. The van der Waals surface area contributed by atoms with Crippen LogP contribution in [-0.4, -0.2) is 30.6 Å². The van der Waals surface area contributed by atoms with E-state index in [1.165, 1.54) is 7.11 Å². The molecule has 0 amide bonds. The van der Waals surface area contributed by atoms with Gasteiger partial charge in [-0.3, -0.25) is 0 Å². The number of furan rings is 1. The first-order valence-corrected chi connectivity index (χ1v) is 7.72. The van der Waals surface area contributed by atoms with Gasteiger partial charge in [-0.2, -0.15) is 11.8 Å². The Morgan fingerprint density at radius 3 is 2.95 bits per heavy atom. The second-order valence-electron chi connectivity index (χ2n) is 4.44. The third kappa shape index (κ3) is 5.28. The summed E-state index contributed by atoms with van der Waals surface area (Å²) in [5.74, 6) is 3.35. The van der Waals surface area contributed by atoms with Crippen LogP contribution in [-0.2, 0) is 11.3 Å². The summed E-state index contributed by atoms with van der Waals surface area (Å²) in [4.78, 5) is 11.5. The van der Waals surface area contributed by atoms with Gasteiger partial charge >= 0.3 is 5.97 Å². The Hall–Kier alpha value is -0.940. The predicted molar refractivity (Wildman–Crippen MR) is 78.7 cm³/mol. The van der Waals surface area contributed by atoms with Crippen molar-refractivity contribution in [3.8, 4) is 0 Å². The molecule has 0 saturated carbocycles. The summed E-state index contributed by atoms with van der Waals surface area (Å²) in [6.45, 7) is 6.74. The third-order valence-electron chi connectivity index (χ3n) is 2.90. The van der Waals surface area contributed by atoms with Crippen molar-refractivity contribution < 1.29 is 13.9 Å². The van der Waals surface area contributed by atoms with E-state index in [2.05, 4.69) is 19.2 Å². The van der Waals surface area contributed by atoms with Crippen molar-refractivity contribution in [3.05, 3.63) is 23.2 Å². The number of hydrogen-bond acceptors (Lipinski definition) is 5. The maximum Gasteiger partial charge on any atom is 0.341 e. The molecule has 0 aliphatic rings. The Kier molecular flexibility index (Phi) is 7.02. The maximum absolute atomic E-state index is 11.5. The lowest BCUT2D eigenvalue weighted by Crippen LogP contribution is -2.25. The molecule has 0 spiro atoms. The summed E-state index contributed by atoms with van der Waals surface area (Å²) in [6, 6.07) is 2.19. The van der Waals surface area contributed by atoms with E-state index in [9.17, 15) is 4.79 Å². The van der Waals surface area contributed by atoms with Crippen LogP contribution in [0.4, 0.5) is 0 Å². The van der Waals surface area contributed by atoms with Gasteiger partial charge in [-0.25, -0.2) is 4.79 Å². The molecule has 108 valence electrons. The normalized spacial score (nSPS) is 12.4. The number of nitrogens with one attached hydrogen (secondary N) is 1. The molecule has 19 heavy (non-hydrogen) atoms. The van der Waals surface area contributed by atoms with Crippen molar-refractivity contribution in [1.82, 2.24) is 5.32 Å². The molecule has 1 atom stereocenters. The number of thioether (sulfide) groups is 1. The molecule has 4 nitrogen and oxygen atoms in total. The quantitative estimate of drug-likeness (QED) is 0.588. The van der Waals surface area contributed by atoms with E-state index in [-0.39, 0.29) is 5.97 Å². The molecule has 1 unspecified atom stereocenters. The molecule has 0 aromatic carbocycles. The van der Waals surface area contributed by atoms with Crippen LogP contribution >= 0.6 is 11.8 Å². The fourth-order valence-corrected chi connectivity index (χ4v) is 2.53. The lowest BCUT2D eigenvalue weighted by molar-refractivity contribution is 0.0599. The first-order valence-electron chi connectivity index (χ1n) is 6.57. The van der Waals surface area contributed by atoms with Crippen LogP contribution < -0.4 is 5.32 Å². The molecule has 0 aliphatic carbocycles. The van der Waals surface area contributed by atoms with Crippen molar-refractivity contribution in [2.75, 3.05) is 18.6 Å². The van der Waals surface area contributed by atoms with Gasteiger partial charge in [0, 0.05) is 6.04 Å². The average Bonchev–Trinajstić information content (AvgIpc) is 2.77. The van der Waals surface area contributed by atoms with Crippen LogP contribution in [0.3, 0.4) is 0 Å². The van der Waals surface area contributed by atoms with Crippen molar-refractivity contribution in [2.45, 2.75) is 39.8 Å². The van der Waals surface area contributed by atoms with Crippen molar-refractivity contribution in [2.24, 2.45) is 0 Å². The van der Waals surface area contributed by atoms with Crippen molar-refractivity contribution >= 4 is 17.7 Å². The van der Waals surface area contributed by atoms with Gasteiger partial charge < -0.3 is 14.5 Å². The minimum absolute atomic E-state index is 0.347. The SMILES string of the molecule is CCSCCC(C)NCc1cc(C(=O)OC)c(C)o1. The van der Waals surface area contributed by atoms with Gasteiger partial charge in [0.1, 0.15) is 17.1 Å². The Morgan fingerprint density at radius 1 is 1.58 bits per heavy atom.